The molecule has 0 saturated heterocycles. The van der Waals surface area contributed by atoms with Crippen molar-refractivity contribution in [2.75, 3.05) is 7.11 Å². The number of nitrogens with zero attached hydrogens (tertiary/aromatic N) is 1. The SMILES string of the molecule is COc1ccc(S(=O)(=O)O/N=C2/C=C(C)C(=O)C=C2C)cc1. The van der Waals surface area contributed by atoms with E-state index in [1.165, 1.54) is 43.5 Å². The fourth-order valence-corrected chi connectivity index (χ4v) is 2.48. The van der Waals surface area contributed by atoms with E-state index in [9.17, 15) is 13.2 Å². The van der Waals surface area contributed by atoms with Gasteiger partial charge in [-0.3, -0.25) is 9.08 Å². The van der Waals surface area contributed by atoms with Gasteiger partial charge < -0.3 is 4.74 Å². The van der Waals surface area contributed by atoms with Gasteiger partial charge in [-0.1, -0.05) is 5.16 Å². The summed E-state index contributed by atoms with van der Waals surface area (Å²) >= 11 is 0. The van der Waals surface area contributed by atoms with Gasteiger partial charge in [0, 0.05) is 0 Å². The average Bonchev–Trinajstić information content (AvgIpc) is 2.49. The number of methoxy groups -OCH3 is 1. The van der Waals surface area contributed by atoms with Crippen LogP contribution in [0.15, 0.2) is 57.6 Å². The van der Waals surface area contributed by atoms with Crippen LogP contribution < -0.4 is 4.74 Å². The van der Waals surface area contributed by atoms with E-state index >= 15 is 0 Å². The normalized spacial score (nSPS) is 17.0. The van der Waals surface area contributed by atoms with Crippen LogP contribution in [-0.4, -0.2) is 27.0 Å². The molecule has 1 aromatic carbocycles. The molecule has 1 aliphatic carbocycles. The molecule has 0 N–H and O–H groups in total. The number of ketones is 1. The lowest BCUT2D eigenvalue weighted by Gasteiger charge is -2.09. The molecule has 1 aromatic rings. The summed E-state index contributed by atoms with van der Waals surface area (Å²) in [6, 6.07) is 5.75. The lowest BCUT2D eigenvalue weighted by Crippen LogP contribution is -2.12. The van der Waals surface area contributed by atoms with Crippen molar-refractivity contribution in [1.29, 1.82) is 0 Å². The van der Waals surface area contributed by atoms with Gasteiger partial charge in [-0.2, -0.15) is 8.42 Å². The molecule has 0 aliphatic heterocycles. The zero-order chi connectivity index (χ0) is 16.3. The van der Waals surface area contributed by atoms with E-state index in [0.29, 0.717) is 22.6 Å². The molecule has 0 atom stereocenters. The number of carbonyl (C=O) groups is 1. The molecule has 1 aliphatic rings. The summed E-state index contributed by atoms with van der Waals surface area (Å²) in [5.41, 5.74) is 1.31. The molecule has 6 nitrogen and oxygen atoms in total. The molecule has 2 rings (SSSR count). The number of rotatable bonds is 4. The van der Waals surface area contributed by atoms with E-state index in [2.05, 4.69) is 5.16 Å². The Morgan fingerprint density at radius 1 is 1.00 bits per heavy atom. The molecule has 7 heteroatoms. The number of hydrogen-bond donors (Lipinski definition) is 0. The third kappa shape index (κ3) is 3.43. The minimum absolute atomic E-state index is 0.0353. The Balaban J connectivity index is 2.24. The van der Waals surface area contributed by atoms with Crippen molar-refractivity contribution in [3.8, 4) is 5.75 Å². The van der Waals surface area contributed by atoms with Crippen molar-refractivity contribution in [2.24, 2.45) is 5.16 Å². The molecule has 0 saturated carbocycles. The number of oxime groups is 1. The smallest absolute Gasteiger partial charge is 0.358 e. The molecule has 0 unspecified atom stereocenters. The maximum absolute atomic E-state index is 12.0. The Morgan fingerprint density at radius 2 is 1.64 bits per heavy atom. The minimum Gasteiger partial charge on any atom is -0.497 e. The Kier molecular flexibility index (Phi) is 4.46. The minimum atomic E-state index is -4.02. The van der Waals surface area contributed by atoms with Gasteiger partial charge in [0.2, 0.25) is 0 Å². The van der Waals surface area contributed by atoms with Gasteiger partial charge in [-0.15, -0.1) is 0 Å². The van der Waals surface area contributed by atoms with E-state index in [1.54, 1.807) is 13.8 Å². The Morgan fingerprint density at radius 3 is 2.23 bits per heavy atom. The fraction of sp³-hybridized carbons (Fsp3) is 0.200. The lowest BCUT2D eigenvalue weighted by molar-refractivity contribution is -0.111. The highest BCUT2D eigenvalue weighted by Gasteiger charge is 2.18. The molecule has 0 aromatic heterocycles. The zero-order valence-corrected chi connectivity index (χ0v) is 13.2. The van der Waals surface area contributed by atoms with Gasteiger partial charge in [0.15, 0.2) is 5.78 Å². The summed E-state index contributed by atoms with van der Waals surface area (Å²) in [6.45, 7) is 3.28. The summed E-state index contributed by atoms with van der Waals surface area (Å²) < 4.78 is 33.8. The van der Waals surface area contributed by atoms with Crippen LogP contribution in [0.1, 0.15) is 13.8 Å². The topological polar surface area (TPSA) is 82.0 Å². The van der Waals surface area contributed by atoms with Crippen molar-refractivity contribution >= 4 is 21.6 Å². The Labute approximate surface area is 128 Å². The summed E-state index contributed by atoms with van der Waals surface area (Å²) in [5, 5.41) is 3.64. The van der Waals surface area contributed by atoms with Gasteiger partial charge in [-0.05, 0) is 61.4 Å². The fourth-order valence-electron chi connectivity index (χ4n) is 1.75. The van der Waals surface area contributed by atoms with Gasteiger partial charge in [-0.25, -0.2) is 0 Å². The summed E-state index contributed by atoms with van der Waals surface area (Å²) in [4.78, 5) is 11.4. The van der Waals surface area contributed by atoms with Crippen molar-refractivity contribution in [3.05, 3.63) is 47.6 Å². The molecule has 0 bridgehead atoms. The largest absolute Gasteiger partial charge is 0.497 e. The molecule has 116 valence electrons. The maximum atomic E-state index is 12.0. The van der Waals surface area contributed by atoms with E-state index in [-0.39, 0.29) is 10.7 Å². The Bertz CT molecular complexity index is 786. The standard InChI is InChI=1S/C15H15NO5S/c1-10-9-15(17)11(2)8-14(10)16-21-22(18,19)13-6-4-12(20-3)5-7-13/h4-9H,1-3H3/b16-14-. The van der Waals surface area contributed by atoms with Crippen molar-refractivity contribution in [3.63, 3.8) is 0 Å². The molecule has 0 amide bonds. The van der Waals surface area contributed by atoms with Crippen molar-refractivity contribution in [1.82, 2.24) is 0 Å². The van der Waals surface area contributed by atoms with Crippen LogP contribution in [0.3, 0.4) is 0 Å². The number of benzene rings is 1. The second-order valence-electron chi connectivity index (χ2n) is 4.70. The van der Waals surface area contributed by atoms with Crippen LogP contribution in [0.4, 0.5) is 0 Å². The van der Waals surface area contributed by atoms with Gasteiger partial charge in [0.1, 0.15) is 16.4 Å². The number of ether oxygens (including phenoxy) is 1. The van der Waals surface area contributed by atoms with Crippen LogP contribution in [0.25, 0.3) is 0 Å². The second-order valence-corrected chi connectivity index (χ2v) is 6.23. The first kappa shape index (κ1) is 16.0. The number of allylic oxidation sites excluding steroid dienone is 4. The van der Waals surface area contributed by atoms with Gasteiger partial charge in [0.25, 0.3) is 0 Å². The summed E-state index contributed by atoms with van der Waals surface area (Å²) in [7, 11) is -2.54. The summed E-state index contributed by atoms with van der Waals surface area (Å²) in [6.07, 6.45) is 2.87. The van der Waals surface area contributed by atoms with Gasteiger partial charge in [0.05, 0.1) is 7.11 Å². The van der Waals surface area contributed by atoms with Gasteiger partial charge >= 0.3 is 10.1 Å². The van der Waals surface area contributed by atoms with Crippen molar-refractivity contribution < 1.29 is 22.2 Å². The second kappa shape index (κ2) is 6.15. The predicted octanol–water partition coefficient (Wildman–Crippen LogP) is 2.23. The van der Waals surface area contributed by atoms with Crippen LogP contribution in [0, 0.1) is 0 Å². The number of hydrogen-bond acceptors (Lipinski definition) is 6. The highest BCUT2D eigenvalue weighted by Crippen LogP contribution is 2.19. The highest BCUT2D eigenvalue weighted by molar-refractivity contribution is 7.86. The van der Waals surface area contributed by atoms with E-state index < -0.39 is 10.1 Å². The average molecular weight is 321 g/mol. The zero-order valence-electron chi connectivity index (χ0n) is 12.4. The third-order valence-corrected chi connectivity index (χ3v) is 4.20. The molecule has 0 fully saturated rings. The lowest BCUT2D eigenvalue weighted by atomic mass is 9.99. The quantitative estimate of drug-likeness (QED) is 0.627. The monoisotopic (exact) mass is 321 g/mol. The van der Waals surface area contributed by atoms with Crippen LogP contribution in [0.2, 0.25) is 0 Å². The Hall–Kier alpha value is -2.41. The van der Waals surface area contributed by atoms with Crippen LogP contribution in [-0.2, 0) is 19.2 Å². The first-order valence-corrected chi connectivity index (χ1v) is 7.81. The predicted molar refractivity (Wildman–Crippen MR) is 81.2 cm³/mol. The molecule has 0 spiro atoms. The molecule has 0 radical (unpaired) electrons. The third-order valence-electron chi connectivity index (χ3n) is 3.08. The molecular weight excluding hydrogens is 306 g/mol. The van der Waals surface area contributed by atoms with E-state index in [0.717, 1.165) is 0 Å². The van der Waals surface area contributed by atoms with Crippen LogP contribution in [0.5, 0.6) is 5.75 Å². The first-order valence-electron chi connectivity index (χ1n) is 6.40. The number of carbonyl (C=O) groups excluding carboxylic acids is 1. The highest BCUT2D eigenvalue weighted by atomic mass is 32.2. The van der Waals surface area contributed by atoms with Crippen LogP contribution >= 0.6 is 0 Å². The first-order chi connectivity index (χ1) is 10.3. The molecule has 22 heavy (non-hydrogen) atoms. The molecule has 0 heterocycles. The van der Waals surface area contributed by atoms with Crippen molar-refractivity contribution in [2.45, 2.75) is 18.7 Å². The molecular formula is C15H15NO5S. The maximum Gasteiger partial charge on any atom is 0.358 e. The van der Waals surface area contributed by atoms with E-state index in [4.69, 9.17) is 9.02 Å². The van der Waals surface area contributed by atoms with E-state index in [1.807, 2.05) is 0 Å². The summed E-state index contributed by atoms with van der Waals surface area (Å²) in [5.74, 6) is 0.405.